The highest BCUT2D eigenvalue weighted by molar-refractivity contribution is 5.88. The van der Waals surface area contributed by atoms with E-state index in [4.69, 9.17) is 10.5 Å². The van der Waals surface area contributed by atoms with E-state index in [1.54, 1.807) is 0 Å². The van der Waals surface area contributed by atoms with Gasteiger partial charge in [-0.25, -0.2) is 4.99 Å². The number of hydrogen-bond acceptors (Lipinski definition) is 4. The zero-order valence-electron chi connectivity index (χ0n) is 11.1. The lowest BCUT2D eigenvalue weighted by atomic mass is 10.1. The molecule has 2 rings (SSSR count). The molecule has 0 spiro atoms. The molecule has 1 unspecified atom stereocenters. The standard InChI is InChI=1S/C14H19N3O2/c1-10(18)16-12-7-5-11(6-8-12)3-2-4-13-9-19-14(15)17-13/h5-8,13H,2-4,9H2,1H3,(H2,15,17)(H,16,18). The molecule has 1 amide bonds. The fourth-order valence-corrected chi connectivity index (χ4v) is 2.08. The van der Waals surface area contributed by atoms with Crippen molar-refractivity contribution in [3.63, 3.8) is 0 Å². The molecule has 1 aliphatic rings. The van der Waals surface area contributed by atoms with E-state index in [1.165, 1.54) is 12.5 Å². The van der Waals surface area contributed by atoms with Crippen molar-refractivity contribution in [2.45, 2.75) is 32.2 Å². The largest absolute Gasteiger partial charge is 0.463 e. The maximum Gasteiger partial charge on any atom is 0.282 e. The molecule has 0 aliphatic carbocycles. The Hall–Kier alpha value is -2.04. The molecule has 0 aromatic heterocycles. The number of amides is 1. The average molecular weight is 261 g/mol. The van der Waals surface area contributed by atoms with Crippen LogP contribution in [0.15, 0.2) is 29.3 Å². The normalized spacial score (nSPS) is 17.7. The highest BCUT2D eigenvalue weighted by atomic mass is 16.5. The summed E-state index contributed by atoms with van der Waals surface area (Å²) < 4.78 is 5.11. The molecule has 5 nitrogen and oxygen atoms in total. The van der Waals surface area contributed by atoms with Crippen molar-refractivity contribution in [3.05, 3.63) is 29.8 Å². The highest BCUT2D eigenvalue weighted by Crippen LogP contribution is 2.14. The summed E-state index contributed by atoms with van der Waals surface area (Å²) in [7, 11) is 0. The molecule has 1 atom stereocenters. The van der Waals surface area contributed by atoms with Crippen molar-refractivity contribution < 1.29 is 9.53 Å². The predicted molar refractivity (Wildman–Crippen MR) is 75.0 cm³/mol. The van der Waals surface area contributed by atoms with Gasteiger partial charge in [-0.2, -0.15) is 0 Å². The molecule has 0 bridgehead atoms. The minimum absolute atomic E-state index is 0.0515. The van der Waals surface area contributed by atoms with Crippen LogP contribution in [0.4, 0.5) is 5.69 Å². The maximum atomic E-state index is 10.9. The minimum Gasteiger partial charge on any atom is -0.463 e. The van der Waals surface area contributed by atoms with Gasteiger partial charge in [-0.3, -0.25) is 4.79 Å². The van der Waals surface area contributed by atoms with Crippen LogP contribution in [-0.4, -0.2) is 24.6 Å². The van der Waals surface area contributed by atoms with Crippen molar-refractivity contribution in [3.8, 4) is 0 Å². The number of aliphatic imine (C=N–C) groups is 1. The summed E-state index contributed by atoms with van der Waals surface area (Å²) in [6.45, 7) is 2.11. The fourth-order valence-electron chi connectivity index (χ4n) is 2.08. The first-order valence-electron chi connectivity index (χ1n) is 6.46. The van der Waals surface area contributed by atoms with Crippen molar-refractivity contribution >= 4 is 17.6 Å². The average Bonchev–Trinajstić information content (AvgIpc) is 2.77. The zero-order valence-corrected chi connectivity index (χ0v) is 11.1. The van der Waals surface area contributed by atoms with Gasteiger partial charge in [0, 0.05) is 12.6 Å². The second-order valence-corrected chi connectivity index (χ2v) is 4.70. The quantitative estimate of drug-likeness (QED) is 0.846. The van der Waals surface area contributed by atoms with Crippen LogP contribution in [0.3, 0.4) is 0 Å². The van der Waals surface area contributed by atoms with E-state index in [2.05, 4.69) is 10.3 Å². The van der Waals surface area contributed by atoms with Gasteiger partial charge in [-0.15, -0.1) is 0 Å². The molecular weight excluding hydrogens is 242 g/mol. The second-order valence-electron chi connectivity index (χ2n) is 4.70. The Labute approximate surface area is 112 Å². The number of benzene rings is 1. The number of carbonyl (C=O) groups is 1. The molecule has 1 aliphatic heterocycles. The van der Waals surface area contributed by atoms with E-state index in [-0.39, 0.29) is 11.9 Å². The van der Waals surface area contributed by atoms with Crippen molar-refractivity contribution in [2.75, 3.05) is 11.9 Å². The third kappa shape index (κ3) is 4.28. The van der Waals surface area contributed by atoms with E-state index < -0.39 is 0 Å². The number of nitrogens with zero attached hydrogens (tertiary/aromatic N) is 1. The SMILES string of the molecule is CC(=O)Nc1ccc(CCCC2COC(N)=N2)cc1. The molecule has 1 aromatic carbocycles. The van der Waals surface area contributed by atoms with Crippen molar-refractivity contribution in [1.82, 2.24) is 0 Å². The van der Waals surface area contributed by atoms with Crippen LogP contribution in [0.1, 0.15) is 25.3 Å². The third-order valence-electron chi connectivity index (χ3n) is 3.01. The molecular formula is C14H19N3O2. The lowest BCUT2D eigenvalue weighted by Gasteiger charge is -2.06. The zero-order chi connectivity index (χ0) is 13.7. The Bertz CT molecular complexity index is 468. The molecule has 0 saturated heterocycles. The van der Waals surface area contributed by atoms with Crippen molar-refractivity contribution in [2.24, 2.45) is 10.7 Å². The van der Waals surface area contributed by atoms with E-state index in [0.29, 0.717) is 12.6 Å². The monoisotopic (exact) mass is 261 g/mol. The van der Waals surface area contributed by atoms with Crippen LogP contribution < -0.4 is 11.1 Å². The lowest BCUT2D eigenvalue weighted by molar-refractivity contribution is -0.114. The summed E-state index contributed by atoms with van der Waals surface area (Å²) in [6.07, 6.45) is 3.02. The van der Waals surface area contributed by atoms with Gasteiger partial charge < -0.3 is 15.8 Å². The minimum atomic E-state index is -0.0515. The first-order valence-corrected chi connectivity index (χ1v) is 6.46. The third-order valence-corrected chi connectivity index (χ3v) is 3.01. The molecule has 1 aromatic rings. The lowest BCUT2D eigenvalue weighted by Crippen LogP contribution is -2.10. The Balaban J connectivity index is 1.75. The summed E-state index contributed by atoms with van der Waals surface area (Å²) in [5.41, 5.74) is 7.54. The van der Waals surface area contributed by atoms with Crippen LogP contribution in [0, 0.1) is 0 Å². The van der Waals surface area contributed by atoms with Gasteiger partial charge in [0.15, 0.2) is 0 Å². The summed E-state index contributed by atoms with van der Waals surface area (Å²) in [4.78, 5) is 15.1. The van der Waals surface area contributed by atoms with Gasteiger partial charge in [0.05, 0.1) is 6.04 Å². The number of aryl methyl sites for hydroxylation is 1. The van der Waals surface area contributed by atoms with Crippen LogP contribution in [0.5, 0.6) is 0 Å². The van der Waals surface area contributed by atoms with Crippen LogP contribution in [0.2, 0.25) is 0 Å². The van der Waals surface area contributed by atoms with Crippen LogP contribution >= 0.6 is 0 Å². The van der Waals surface area contributed by atoms with Gasteiger partial charge in [-0.1, -0.05) is 12.1 Å². The number of nitrogens with two attached hydrogens (primary N) is 1. The van der Waals surface area contributed by atoms with Crippen LogP contribution in [0.25, 0.3) is 0 Å². The number of hydrogen-bond donors (Lipinski definition) is 2. The summed E-state index contributed by atoms with van der Waals surface area (Å²) in [6, 6.07) is 8.43. The van der Waals surface area contributed by atoms with E-state index in [9.17, 15) is 4.79 Å². The van der Waals surface area contributed by atoms with Gasteiger partial charge in [0.1, 0.15) is 6.61 Å². The Morgan fingerprint density at radius 3 is 2.79 bits per heavy atom. The van der Waals surface area contributed by atoms with Gasteiger partial charge in [-0.05, 0) is 37.0 Å². The fraction of sp³-hybridized carbons (Fsp3) is 0.429. The van der Waals surface area contributed by atoms with Gasteiger partial charge in [0.2, 0.25) is 5.91 Å². The molecule has 0 saturated carbocycles. The first kappa shape index (κ1) is 13.4. The smallest absolute Gasteiger partial charge is 0.282 e. The number of nitrogens with one attached hydrogen (secondary N) is 1. The Kier molecular flexibility index (Phi) is 4.39. The Morgan fingerprint density at radius 2 is 2.21 bits per heavy atom. The number of ether oxygens (including phenoxy) is 1. The number of anilines is 1. The molecule has 0 radical (unpaired) electrons. The predicted octanol–water partition coefficient (Wildman–Crippen LogP) is 1.68. The van der Waals surface area contributed by atoms with E-state index >= 15 is 0 Å². The molecule has 19 heavy (non-hydrogen) atoms. The number of rotatable bonds is 5. The van der Waals surface area contributed by atoms with Crippen LogP contribution in [-0.2, 0) is 16.0 Å². The van der Waals surface area contributed by atoms with Gasteiger partial charge in [0.25, 0.3) is 6.02 Å². The topological polar surface area (TPSA) is 76.7 Å². The Morgan fingerprint density at radius 1 is 1.47 bits per heavy atom. The number of carbonyl (C=O) groups excluding carboxylic acids is 1. The van der Waals surface area contributed by atoms with Gasteiger partial charge >= 0.3 is 0 Å². The first-order chi connectivity index (χ1) is 9.13. The summed E-state index contributed by atoms with van der Waals surface area (Å²) >= 11 is 0. The molecule has 3 N–H and O–H groups in total. The summed E-state index contributed by atoms with van der Waals surface area (Å²) in [5.74, 6) is -0.0515. The summed E-state index contributed by atoms with van der Waals surface area (Å²) in [5, 5.41) is 2.75. The van der Waals surface area contributed by atoms with Crippen molar-refractivity contribution in [1.29, 1.82) is 0 Å². The molecule has 1 heterocycles. The number of amidine groups is 1. The highest BCUT2D eigenvalue weighted by Gasteiger charge is 2.15. The second kappa shape index (κ2) is 6.22. The molecule has 102 valence electrons. The maximum absolute atomic E-state index is 10.9. The molecule has 5 heteroatoms. The van der Waals surface area contributed by atoms with E-state index in [0.717, 1.165) is 24.9 Å². The molecule has 0 fully saturated rings. The van der Waals surface area contributed by atoms with E-state index in [1.807, 2.05) is 24.3 Å².